The van der Waals surface area contributed by atoms with Crippen molar-refractivity contribution in [3.8, 4) is 0 Å². The number of esters is 1. The number of ether oxygens (including phenoxy) is 1. The summed E-state index contributed by atoms with van der Waals surface area (Å²) in [5.74, 6) is -2.28. The van der Waals surface area contributed by atoms with Crippen molar-refractivity contribution in [3.63, 3.8) is 0 Å². The van der Waals surface area contributed by atoms with Crippen LogP contribution in [0.1, 0.15) is 5.56 Å². The van der Waals surface area contributed by atoms with Gasteiger partial charge in [0.2, 0.25) is 20.3 Å². The van der Waals surface area contributed by atoms with E-state index in [9.17, 15) is 18.0 Å². The quantitative estimate of drug-likeness (QED) is 0.442. The Morgan fingerprint density at radius 1 is 1.09 bits per heavy atom. The van der Waals surface area contributed by atoms with E-state index in [-0.39, 0.29) is 4.90 Å². The smallest absolute Gasteiger partial charge is 0.351 e. The summed E-state index contributed by atoms with van der Waals surface area (Å²) >= 11 is 16.9. The number of Topliss-reactive ketones (excluding diaryl/α,β-unsaturated/α-hetero) is 1. The minimum atomic E-state index is -4.18. The Balaban J connectivity index is 3.19. The van der Waals surface area contributed by atoms with Gasteiger partial charge in [-0.15, -0.1) is 0 Å². The molecule has 0 radical (unpaired) electrons. The van der Waals surface area contributed by atoms with E-state index in [1.165, 1.54) is 12.1 Å². The van der Waals surface area contributed by atoms with Gasteiger partial charge in [-0.2, -0.15) is 0 Å². The second-order valence-electron chi connectivity index (χ2n) is 4.16. The van der Waals surface area contributed by atoms with E-state index in [1.54, 1.807) is 19.1 Å². The predicted molar refractivity (Wildman–Crippen MR) is 83.8 cm³/mol. The topological polar surface area (TPSA) is 77.5 Å². The second kappa shape index (κ2) is 7.46. The molecule has 0 aliphatic carbocycles. The normalized spacial score (nSPS) is 14.0. The van der Waals surface area contributed by atoms with Gasteiger partial charge in [0, 0.05) is 0 Å². The number of halogens is 3. The number of aryl methyl sites for hydroxylation is 1. The molecular formula is C13H11Cl3O5S. The lowest BCUT2D eigenvalue weighted by Gasteiger charge is -2.10. The maximum absolute atomic E-state index is 12.3. The van der Waals surface area contributed by atoms with Crippen molar-refractivity contribution in [3.05, 3.63) is 39.9 Å². The van der Waals surface area contributed by atoms with Crippen LogP contribution in [0.4, 0.5) is 0 Å². The molecule has 0 fully saturated rings. The Labute approximate surface area is 142 Å². The summed E-state index contributed by atoms with van der Waals surface area (Å²) in [5.41, 5.74) is 0.836. The largest absolute Gasteiger partial charge is 0.465 e. The summed E-state index contributed by atoms with van der Waals surface area (Å²) < 4.78 is 26.8. The summed E-state index contributed by atoms with van der Waals surface area (Å²) in [5, 5.41) is -1.54. The Kier molecular flexibility index (Phi) is 6.43. The van der Waals surface area contributed by atoms with Gasteiger partial charge >= 0.3 is 5.97 Å². The number of ketones is 1. The van der Waals surface area contributed by atoms with Gasteiger partial charge in [0.1, 0.15) is 10.1 Å². The summed E-state index contributed by atoms with van der Waals surface area (Å²) in [6.07, 6.45) is 0. The van der Waals surface area contributed by atoms with Gasteiger partial charge in [-0.05, 0) is 19.1 Å². The Morgan fingerprint density at radius 3 is 2.05 bits per heavy atom. The number of benzene rings is 1. The number of sulfone groups is 1. The van der Waals surface area contributed by atoms with Crippen molar-refractivity contribution in [2.45, 2.75) is 16.5 Å². The molecule has 1 rings (SSSR count). The molecule has 0 bridgehead atoms. The van der Waals surface area contributed by atoms with Crippen molar-refractivity contribution in [2.24, 2.45) is 0 Å². The average molecular weight is 386 g/mol. The molecule has 0 aliphatic heterocycles. The molecule has 0 aromatic heterocycles. The van der Waals surface area contributed by atoms with Gasteiger partial charge in [-0.25, -0.2) is 13.2 Å². The molecular weight excluding hydrogens is 375 g/mol. The SMILES string of the molecule is COC(=O)/C(Cl)=C(\Cl)C(=O)C(Cl)S(=O)(=O)c1ccc(C)cc1. The minimum Gasteiger partial charge on any atom is -0.465 e. The van der Waals surface area contributed by atoms with Gasteiger partial charge < -0.3 is 4.74 Å². The number of rotatable bonds is 5. The fourth-order valence-electron chi connectivity index (χ4n) is 1.38. The minimum absolute atomic E-state index is 0.148. The first kappa shape index (κ1) is 19.0. The van der Waals surface area contributed by atoms with Crippen LogP contribution in [-0.2, 0) is 24.2 Å². The molecule has 1 atom stereocenters. The lowest BCUT2D eigenvalue weighted by molar-refractivity contribution is -0.135. The summed E-state index contributed by atoms with van der Waals surface area (Å²) in [6, 6.07) is 5.74. The van der Waals surface area contributed by atoms with E-state index in [0.29, 0.717) is 0 Å². The number of carbonyl (C=O) groups is 2. The Hall–Kier alpha value is -1.08. The number of carbonyl (C=O) groups excluding carboxylic acids is 2. The molecule has 0 spiro atoms. The molecule has 22 heavy (non-hydrogen) atoms. The molecule has 0 aliphatic rings. The third kappa shape index (κ3) is 4.01. The van der Waals surface area contributed by atoms with Crippen LogP contribution in [0, 0.1) is 6.92 Å². The lowest BCUT2D eigenvalue weighted by atomic mass is 10.2. The highest BCUT2D eigenvalue weighted by atomic mass is 35.5. The van der Waals surface area contributed by atoms with Crippen LogP contribution in [0.25, 0.3) is 0 Å². The van der Waals surface area contributed by atoms with Gasteiger partial charge in [-0.1, -0.05) is 52.5 Å². The fourth-order valence-corrected chi connectivity index (χ4v) is 3.42. The van der Waals surface area contributed by atoms with E-state index in [1.807, 2.05) is 0 Å². The highest BCUT2D eigenvalue weighted by Crippen LogP contribution is 2.26. The van der Waals surface area contributed by atoms with E-state index >= 15 is 0 Å². The lowest BCUT2D eigenvalue weighted by Crippen LogP contribution is -2.26. The van der Waals surface area contributed by atoms with Crippen LogP contribution in [0.15, 0.2) is 39.2 Å². The third-order valence-electron chi connectivity index (χ3n) is 2.60. The Morgan fingerprint density at radius 2 is 1.59 bits per heavy atom. The summed E-state index contributed by atoms with van der Waals surface area (Å²) in [7, 11) is -3.15. The van der Waals surface area contributed by atoms with Crippen LogP contribution >= 0.6 is 34.8 Å². The third-order valence-corrected chi connectivity index (χ3v) is 6.01. The van der Waals surface area contributed by atoms with Crippen LogP contribution in [-0.4, -0.2) is 32.0 Å². The number of alkyl halides is 1. The molecule has 0 saturated carbocycles. The number of methoxy groups -OCH3 is 1. The molecule has 0 amide bonds. The molecule has 9 heteroatoms. The molecule has 1 aromatic carbocycles. The Bertz CT molecular complexity index is 723. The zero-order valence-electron chi connectivity index (χ0n) is 11.5. The highest BCUT2D eigenvalue weighted by Gasteiger charge is 2.35. The van der Waals surface area contributed by atoms with E-state index in [4.69, 9.17) is 34.8 Å². The summed E-state index contributed by atoms with van der Waals surface area (Å²) in [6.45, 7) is 1.77. The molecule has 0 saturated heterocycles. The van der Waals surface area contributed by atoms with Crippen molar-refractivity contribution >= 4 is 56.4 Å². The van der Waals surface area contributed by atoms with Crippen molar-refractivity contribution < 1.29 is 22.7 Å². The molecule has 0 heterocycles. The second-order valence-corrected chi connectivity index (χ2v) is 7.64. The molecule has 1 unspecified atom stereocenters. The van der Waals surface area contributed by atoms with Gasteiger partial charge in [0.15, 0.2) is 0 Å². The van der Waals surface area contributed by atoms with E-state index in [0.717, 1.165) is 12.7 Å². The standard InChI is InChI=1S/C13H11Cl3O5S/c1-7-3-5-8(6-4-7)22(19,20)12(16)11(17)9(14)10(15)13(18)21-2/h3-6,12H,1-2H3/b10-9+. The number of allylic oxidation sites excluding steroid dienone is 1. The van der Waals surface area contributed by atoms with Gasteiger partial charge in [0.05, 0.1) is 12.0 Å². The fraction of sp³-hybridized carbons (Fsp3) is 0.231. The van der Waals surface area contributed by atoms with Crippen LogP contribution in [0.2, 0.25) is 0 Å². The zero-order valence-corrected chi connectivity index (χ0v) is 14.6. The van der Waals surface area contributed by atoms with Crippen LogP contribution in [0.3, 0.4) is 0 Å². The highest BCUT2D eigenvalue weighted by molar-refractivity contribution is 7.94. The molecule has 1 aromatic rings. The van der Waals surface area contributed by atoms with Crippen molar-refractivity contribution in [2.75, 3.05) is 7.11 Å². The van der Waals surface area contributed by atoms with Gasteiger partial charge in [0.25, 0.3) is 0 Å². The van der Waals surface area contributed by atoms with E-state index < -0.39 is 36.4 Å². The van der Waals surface area contributed by atoms with Crippen LogP contribution < -0.4 is 0 Å². The number of hydrogen-bond acceptors (Lipinski definition) is 5. The summed E-state index contributed by atoms with van der Waals surface area (Å²) in [4.78, 5) is 23.0. The molecule has 120 valence electrons. The zero-order chi connectivity index (χ0) is 17.1. The predicted octanol–water partition coefficient (Wildman–Crippen LogP) is 2.76. The monoisotopic (exact) mass is 384 g/mol. The van der Waals surface area contributed by atoms with Gasteiger partial charge in [-0.3, -0.25) is 4.79 Å². The first-order valence-corrected chi connectivity index (χ1v) is 8.49. The first-order valence-electron chi connectivity index (χ1n) is 5.75. The van der Waals surface area contributed by atoms with Crippen LogP contribution in [0.5, 0.6) is 0 Å². The maximum Gasteiger partial charge on any atom is 0.351 e. The number of hydrogen-bond donors (Lipinski definition) is 0. The van der Waals surface area contributed by atoms with E-state index in [2.05, 4.69) is 4.74 Å². The average Bonchev–Trinajstić information content (AvgIpc) is 2.51. The van der Waals surface area contributed by atoms with Crippen molar-refractivity contribution in [1.82, 2.24) is 0 Å². The first-order chi connectivity index (χ1) is 10.1. The maximum atomic E-state index is 12.3. The van der Waals surface area contributed by atoms with Crippen molar-refractivity contribution in [1.29, 1.82) is 0 Å². The molecule has 5 nitrogen and oxygen atoms in total. The molecule has 0 N–H and O–H groups in total.